The lowest BCUT2D eigenvalue weighted by Gasteiger charge is -2.07. The zero-order valence-electron chi connectivity index (χ0n) is 13.8. The standard InChI is InChI=1S/C18H14N2O5S/c1-3-8-19-17(21)16(26-18(19)22)10-13-6-7-15(25-13)14-9-12(20(23)24)5-4-11(14)2/h3-7,9-10H,1,8H2,2H3/b16-10+. The van der Waals surface area contributed by atoms with Crippen LogP contribution in [0.25, 0.3) is 17.4 Å². The van der Waals surface area contributed by atoms with E-state index in [2.05, 4.69) is 6.58 Å². The molecule has 2 aromatic rings. The molecule has 132 valence electrons. The first-order valence-corrected chi connectivity index (χ1v) is 8.44. The third kappa shape index (κ3) is 3.31. The highest BCUT2D eigenvalue weighted by molar-refractivity contribution is 8.18. The predicted octanol–water partition coefficient (Wildman–Crippen LogP) is 4.39. The first kappa shape index (κ1) is 17.7. The Balaban J connectivity index is 1.91. The monoisotopic (exact) mass is 370 g/mol. The normalized spacial score (nSPS) is 15.7. The molecule has 0 unspecified atom stereocenters. The van der Waals surface area contributed by atoms with Crippen LogP contribution in [0.2, 0.25) is 0 Å². The topological polar surface area (TPSA) is 93.7 Å². The molecular weight excluding hydrogens is 356 g/mol. The third-order valence-electron chi connectivity index (χ3n) is 3.78. The molecule has 1 aromatic carbocycles. The summed E-state index contributed by atoms with van der Waals surface area (Å²) in [5.41, 5.74) is 1.38. The highest BCUT2D eigenvalue weighted by Crippen LogP contribution is 2.34. The number of carbonyl (C=O) groups is 2. The van der Waals surface area contributed by atoms with Crippen molar-refractivity contribution >= 4 is 34.7 Å². The number of hydrogen-bond donors (Lipinski definition) is 0. The summed E-state index contributed by atoms with van der Waals surface area (Å²) in [6.07, 6.45) is 2.97. The number of rotatable bonds is 5. The SMILES string of the molecule is C=CCN1C(=O)S/C(=C/c2ccc(-c3cc([N+](=O)[O-])ccc3C)o2)C1=O. The Kier molecular flexibility index (Phi) is 4.77. The molecule has 1 aromatic heterocycles. The number of carbonyl (C=O) groups excluding carboxylic acids is 2. The molecule has 1 fully saturated rings. The van der Waals surface area contributed by atoms with E-state index in [0.29, 0.717) is 17.1 Å². The molecular formula is C18H14N2O5S. The van der Waals surface area contributed by atoms with Gasteiger partial charge in [0.25, 0.3) is 16.8 Å². The van der Waals surface area contributed by atoms with Gasteiger partial charge in [-0.3, -0.25) is 24.6 Å². The second kappa shape index (κ2) is 7.01. The van der Waals surface area contributed by atoms with Gasteiger partial charge < -0.3 is 4.42 Å². The van der Waals surface area contributed by atoms with Gasteiger partial charge in [0.2, 0.25) is 0 Å². The van der Waals surface area contributed by atoms with Crippen LogP contribution in [0.15, 0.2) is 52.3 Å². The van der Waals surface area contributed by atoms with E-state index in [4.69, 9.17) is 4.42 Å². The Hall–Kier alpha value is -3.13. The number of hydrogen-bond acceptors (Lipinski definition) is 6. The maximum absolute atomic E-state index is 12.2. The molecule has 3 rings (SSSR count). The fraction of sp³-hybridized carbons (Fsp3) is 0.111. The lowest BCUT2D eigenvalue weighted by Crippen LogP contribution is -2.27. The average Bonchev–Trinajstić information content (AvgIpc) is 3.16. The number of imide groups is 1. The van der Waals surface area contributed by atoms with Crippen LogP contribution in [0.5, 0.6) is 0 Å². The molecule has 0 aliphatic carbocycles. The van der Waals surface area contributed by atoms with Gasteiger partial charge in [-0.15, -0.1) is 6.58 Å². The quantitative estimate of drug-likeness (QED) is 0.335. The second-order valence-electron chi connectivity index (χ2n) is 5.54. The molecule has 0 N–H and O–H groups in total. The van der Waals surface area contributed by atoms with Crippen LogP contribution in [0.4, 0.5) is 10.5 Å². The molecule has 1 aliphatic heterocycles. The number of thioether (sulfide) groups is 1. The highest BCUT2D eigenvalue weighted by Gasteiger charge is 2.34. The number of nitro benzene ring substituents is 1. The summed E-state index contributed by atoms with van der Waals surface area (Å²) >= 11 is 0.833. The van der Waals surface area contributed by atoms with Gasteiger partial charge in [0.05, 0.1) is 9.83 Å². The van der Waals surface area contributed by atoms with Crippen LogP contribution in [0.1, 0.15) is 11.3 Å². The van der Waals surface area contributed by atoms with Crippen LogP contribution in [-0.4, -0.2) is 27.5 Å². The number of furan rings is 1. The summed E-state index contributed by atoms with van der Waals surface area (Å²) < 4.78 is 5.71. The van der Waals surface area contributed by atoms with Gasteiger partial charge in [-0.2, -0.15) is 0 Å². The molecule has 2 amide bonds. The van der Waals surface area contributed by atoms with Crippen LogP contribution < -0.4 is 0 Å². The number of benzene rings is 1. The molecule has 1 aliphatic rings. The zero-order chi connectivity index (χ0) is 18.8. The minimum absolute atomic E-state index is 0.0332. The smallest absolute Gasteiger partial charge is 0.293 e. The van der Waals surface area contributed by atoms with Crippen molar-refractivity contribution < 1.29 is 18.9 Å². The fourth-order valence-electron chi connectivity index (χ4n) is 2.48. The molecule has 0 atom stereocenters. The van der Waals surface area contributed by atoms with Crippen molar-refractivity contribution in [2.75, 3.05) is 6.54 Å². The first-order valence-electron chi connectivity index (χ1n) is 7.62. The van der Waals surface area contributed by atoms with Crippen molar-refractivity contribution in [1.29, 1.82) is 0 Å². The van der Waals surface area contributed by atoms with E-state index in [9.17, 15) is 19.7 Å². The first-order chi connectivity index (χ1) is 12.4. The number of amides is 2. The van der Waals surface area contributed by atoms with Crippen molar-refractivity contribution in [2.24, 2.45) is 0 Å². The summed E-state index contributed by atoms with van der Waals surface area (Å²) in [5, 5.41) is 10.6. The van der Waals surface area contributed by atoms with Gasteiger partial charge in [0.1, 0.15) is 11.5 Å². The Bertz CT molecular complexity index is 960. The van der Waals surface area contributed by atoms with Gasteiger partial charge in [0, 0.05) is 30.3 Å². The summed E-state index contributed by atoms with van der Waals surface area (Å²) in [6.45, 7) is 5.50. The van der Waals surface area contributed by atoms with E-state index >= 15 is 0 Å². The summed E-state index contributed by atoms with van der Waals surface area (Å²) in [5.74, 6) is 0.433. The Morgan fingerprint density at radius 2 is 2.08 bits per heavy atom. The number of aryl methyl sites for hydroxylation is 1. The average molecular weight is 370 g/mol. The Morgan fingerprint density at radius 3 is 2.77 bits per heavy atom. The number of nitro groups is 1. The number of non-ortho nitro benzene ring substituents is 1. The van der Waals surface area contributed by atoms with Gasteiger partial charge in [-0.1, -0.05) is 12.1 Å². The van der Waals surface area contributed by atoms with Crippen molar-refractivity contribution in [3.63, 3.8) is 0 Å². The Labute approximate surface area is 153 Å². The molecule has 0 spiro atoms. The maximum Gasteiger partial charge on any atom is 0.293 e. The van der Waals surface area contributed by atoms with E-state index in [1.165, 1.54) is 24.3 Å². The molecule has 0 saturated carbocycles. The zero-order valence-corrected chi connectivity index (χ0v) is 14.6. The molecule has 1 saturated heterocycles. The molecule has 26 heavy (non-hydrogen) atoms. The van der Waals surface area contributed by atoms with Gasteiger partial charge >= 0.3 is 0 Å². The van der Waals surface area contributed by atoms with E-state index in [-0.39, 0.29) is 22.4 Å². The van der Waals surface area contributed by atoms with E-state index < -0.39 is 10.8 Å². The molecule has 7 nitrogen and oxygen atoms in total. The number of nitrogens with zero attached hydrogens (tertiary/aromatic N) is 2. The second-order valence-corrected chi connectivity index (χ2v) is 6.53. The van der Waals surface area contributed by atoms with Gasteiger partial charge in [-0.05, 0) is 36.4 Å². The van der Waals surface area contributed by atoms with Crippen LogP contribution in [0, 0.1) is 17.0 Å². The summed E-state index contributed by atoms with van der Waals surface area (Å²) in [6, 6.07) is 7.84. The molecule has 8 heteroatoms. The van der Waals surface area contributed by atoms with Crippen molar-refractivity contribution in [2.45, 2.75) is 6.92 Å². The fourth-order valence-corrected chi connectivity index (χ4v) is 3.31. The van der Waals surface area contributed by atoms with Gasteiger partial charge in [-0.25, -0.2) is 0 Å². The third-order valence-corrected chi connectivity index (χ3v) is 4.69. The summed E-state index contributed by atoms with van der Waals surface area (Å²) in [4.78, 5) is 35.9. The van der Waals surface area contributed by atoms with Crippen molar-refractivity contribution in [3.05, 3.63) is 69.3 Å². The van der Waals surface area contributed by atoms with Gasteiger partial charge in [0.15, 0.2) is 0 Å². The van der Waals surface area contributed by atoms with Crippen molar-refractivity contribution in [1.82, 2.24) is 4.90 Å². The predicted molar refractivity (Wildman–Crippen MR) is 98.4 cm³/mol. The van der Waals surface area contributed by atoms with Crippen LogP contribution in [-0.2, 0) is 4.79 Å². The highest BCUT2D eigenvalue weighted by atomic mass is 32.2. The van der Waals surface area contributed by atoms with E-state index in [1.54, 1.807) is 18.2 Å². The minimum Gasteiger partial charge on any atom is -0.457 e. The van der Waals surface area contributed by atoms with E-state index in [0.717, 1.165) is 22.2 Å². The largest absolute Gasteiger partial charge is 0.457 e. The molecule has 0 radical (unpaired) electrons. The summed E-state index contributed by atoms with van der Waals surface area (Å²) in [7, 11) is 0. The van der Waals surface area contributed by atoms with E-state index in [1.807, 2.05) is 6.92 Å². The van der Waals surface area contributed by atoms with Crippen LogP contribution >= 0.6 is 11.8 Å². The molecule has 2 heterocycles. The minimum atomic E-state index is -0.470. The Morgan fingerprint density at radius 1 is 1.31 bits per heavy atom. The lowest BCUT2D eigenvalue weighted by atomic mass is 10.1. The van der Waals surface area contributed by atoms with Crippen molar-refractivity contribution in [3.8, 4) is 11.3 Å². The maximum atomic E-state index is 12.2. The van der Waals surface area contributed by atoms with Crippen LogP contribution in [0.3, 0.4) is 0 Å². The molecule has 0 bridgehead atoms. The lowest BCUT2D eigenvalue weighted by molar-refractivity contribution is -0.384.